The van der Waals surface area contributed by atoms with E-state index in [9.17, 15) is 4.39 Å². The molecular formula is C15H20FN3O2. The molecule has 0 spiro atoms. The third kappa shape index (κ3) is 4.46. The number of fused-ring (bicyclic) bond motifs is 1. The predicted octanol–water partition coefficient (Wildman–Crippen LogP) is 1.72. The summed E-state index contributed by atoms with van der Waals surface area (Å²) in [7, 11) is 0. The van der Waals surface area contributed by atoms with Gasteiger partial charge in [-0.2, -0.15) is 0 Å². The summed E-state index contributed by atoms with van der Waals surface area (Å²) >= 11 is 0. The molecule has 5 nitrogen and oxygen atoms in total. The van der Waals surface area contributed by atoms with E-state index in [1.165, 1.54) is 12.1 Å². The van der Waals surface area contributed by atoms with E-state index in [4.69, 9.17) is 15.2 Å². The lowest BCUT2D eigenvalue weighted by atomic mass is 10.1. The average molecular weight is 293 g/mol. The summed E-state index contributed by atoms with van der Waals surface area (Å²) in [6, 6.07) is 2.92. The first-order valence-corrected chi connectivity index (χ1v) is 6.76. The van der Waals surface area contributed by atoms with Crippen molar-refractivity contribution in [2.45, 2.75) is 20.0 Å². The van der Waals surface area contributed by atoms with Gasteiger partial charge in [-0.25, -0.2) is 9.38 Å². The first kappa shape index (κ1) is 15.3. The zero-order valence-corrected chi connectivity index (χ0v) is 12.1. The van der Waals surface area contributed by atoms with Gasteiger partial charge < -0.3 is 20.5 Å². The summed E-state index contributed by atoms with van der Waals surface area (Å²) in [6.45, 7) is 7.24. The molecule has 1 aromatic rings. The maximum atomic E-state index is 13.6. The number of halogens is 1. The summed E-state index contributed by atoms with van der Waals surface area (Å²) in [5, 5.41) is 2.99. The summed E-state index contributed by atoms with van der Waals surface area (Å²) in [4.78, 5) is 4.12. The molecule has 0 amide bonds. The van der Waals surface area contributed by atoms with Crippen molar-refractivity contribution in [3.63, 3.8) is 0 Å². The zero-order valence-electron chi connectivity index (χ0n) is 12.1. The van der Waals surface area contributed by atoms with Crippen molar-refractivity contribution < 1.29 is 13.9 Å². The van der Waals surface area contributed by atoms with Gasteiger partial charge in [0.25, 0.3) is 0 Å². The van der Waals surface area contributed by atoms with Crippen LogP contribution in [0.4, 0.5) is 4.39 Å². The van der Waals surface area contributed by atoms with E-state index in [2.05, 4.69) is 16.9 Å². The fraction of sp³-hybridized carbons (Fsp3) is 0.400. The van der Waals surface area contributed by atoms with Crippen LogP contribution in [-0.4, -0.2) is 25.8 Å². The van der Waals surface area contributed by atoms with Gasteiger partial charge in [0.05, 0.1) is 13.2 Å². The molecular weight excluding hydrogens is 273 g/mol. The normalized spacial score (nSPS) is 14.3. The second kappa shape index (κ2) is 7.08. The van der Waals surface area contributed by atoms with Crippen molar-refractivity contribution in [2.75, 3.05) is 19.9 Å². The number of guanidine groups is 1. The Morgan fingerprint density at radius 2 is 2.33 bits per heavy atom. The second-order valence-corrected chi connectivity index (χ2v) is 5.00. The molecule has 1 aromatic carbocycles. The van der Waals surface area contributed by atoms with E-state index in [0.717, 1.165) is 16.7 Å². The topological polar surface area (TPSA) is 68.9 Å². The smallest absolute Gasteiger partial charge is 0.189 e. The summed E-state index contributed by atoms with van der Waals surface area (Å²) in [5.41, 5.74) is 8.20. The van der Waals surface area contributed by atoms with Crippen molar-refractivity contribution >= 4 is 5.96 Å². The Kier molecular flexibility index (Phi) is 5.16. The molecule has 6 heteroatoms. The van der Waals surface area contributed by atoms with E-state index in [-0.39, 0.29) is 12.6 Å². The second-order valence-electron chi connectivity index (χ2n) is 5.00. The van der Waals surface area contributed by atoms with Crippen LogP contribution in [0.1, 0.15) is 18.1 Å². The van der Waals surface area contributed by atoms with E-state index >= 15 is 0 Å². The highest BCUT2D eigenvalue weighted by Gasteiger charge is 2.16. The van der Waals surface area contributed by atoms with Crippen molar-refractivity contribution in [1.82, 2.24) is 5.32 Å². The highest BCUT2D eigenvalue weighted by Crippen LogP contribution is 2.29. The Labute approximate surface area is 123 Å². The number of nitrogens with one attached hydrogen (secondary N) is 1. The fourth-order valence-corrected chi connectivity index (χ4v) is 2.04. The Morgan fingerprint density at radius 1 is 1.52 bits per heavy atom. The summed E-state index contributed by atoms with van der Waals surface area (Å²) in [6.07, 6.45) is 0.587. The van der Waals surface area contributed by atoms with Crippen LogP contribution in [0.5, 0.6) is 5.75 Å². The van der Waals surface area contributed by atoms with Gasteiger partial charge in [-0.3, -0.25) is 0 Å². The number of rotatable bonds is 5. The van der Waals surface area contributed by atoms with Gasteiger partial charge in [0, 0.05) is 12.1 Å². The number of hydrogen-bond acceptors (Lipinski definition) is 3. The molecule has 0 aliphatic carbocycles. The minimum atomic E-state index is -0.290. The van der Waals surface area contributed by atoms with Crippen molar-refractivity contribution in [2.24, 2.45) is 10.7 Å². The van der Waals surface area contributed by atoms with Crippen LogP contribution < -0.4 is 15.8 Å². The molecule has 114 valence electrons. The van der Waals surface area contributed by atoms with Crippen LogP contribution in [0.2, 0.25) is 0 Å². The highest BCUT2D eigenvalue weighted by molar-refractivity contribution is 5.77. The Bertz CT molecular complexity index is 558. The van der Waals surface area contributed by atoms with Gasteiger partial charge in [0.15, 0.2) is 12.8 Å². The van der Waals surface area contributed by atoms with Gasteiger partial charge in [0.2, 0.25) is 0 Å². The van der Waals surface area contributed by atoms with Gasteiger partial charge in [-0.05, 0) is 31.0 Å². The van der Waals surface area contributed by atoms with E-state index in [1.54, 1.807) is 0 Å². The minimum Gasteiger partial charge on any atom is -0.467 e. The molecule has 0 saturated heterocycles. The van der Waals surface area contributed by atoms with E-state index in [1.807, 2.05) is 6.92 Å². The van der Waals surface area contributed by atoms with Crippen molar-refractivity contribution in [3.05, 3.63) is 41.2 Å². The number of aliphatic imine (C=N–C) groups is 1. The van der Waals surface area contributed by atoms with Crippen LogP contribution in [0.25, 0.3) is 0 Å². The Morgan fingerprint density at radius 3 is 3.10 bits per heavy atom. The molecule has 3 N–H and O–H groups in total. The molecule has 0 atom stereocenters. The van der Waals surface area contributed by atoms with Crippen molar-refractivity contribution in [3.8, 4) is 5.75 Å². The predicted molar refractivity (Wildman–Crippen MR) is 79.7 cm³/mol. The molecule has 21 heavy (non-hydrogen) atoms. The average Bonchev–Trinajstić information content (AvgIpc) is 2.45. The SMILES string of the molecule is C=C(C)CN=C(N)NCCc1cc(F)cc2c1OCOC2. The third-order valence-electron chi connectivity index (χ3n) is 2.97. The van der Waals surface area contributed by atoms with Crippen molar-refractivity contribution in [1.29, 1.82) is 0 Å². The summed E-state index contributed by atoms with van der Waals surface area (Å²) < 4.78 is 24.2. The van der Waals surface area contributed by atoms with Gasteiger partial charge in [-0.1, -0.05) is 12.2 Å². The monoisotopic (exact) mass is 293 g/mol. The number of ether oxygens (including phenoxy) is 2. The van der Waals surface area contributed by atoms with Crippen LogP contribution >= 0.6 is 0 Å². The first-order valence-electron chi connectivity index (χ1n) is 6.76. The van der Waals surface area contributed by atoms with Crippen LogP contribution in [0.3, 0.4) is 0 Å². The molecule has 1 aliphatic heterocycles. The fourth-order valence-electron chi connectivity index (χ4n) is 2.04. The number of nitrogens with two attached hydrogens (primary N) is 1. The highest BCUT2D eigenvalue weighted by atomic mass is 19.1. The third-order valence-corrected chi connectivity index (χ3v) is 2.97. The summed E-state index contributed by atoms with van der Waals surface area (Å²) in [5.74, 6) is 0.774. The standard InChI is InChI=1S/C15H20FN3O2/c1-10(2)7-19-15(17)18-4-3-11-5-13(16)6-12-8-20-9-21-14(11)12/h5-6H,1,3-4,7-9H2,2H3,(H3,17,18,19). The van der Waals surface area contributed by atoms with Gasteiger partial charge in [0.1, 0.15) is 11.6 Å². The van der Waals surface area contributed by atoms with Crippen LogP contribution in [-0.2, 0) is 17.8 Å². The lowest BCUT2D eigenvalue weighted by molar-refractivity contribution is -0.0172. The quantitative estimate of drug-likeness (QED) is 0.493. The Balaban J connectivity index is 1.96. The molecule has 1 aliphatic rings. The zero-order chi connectivity index (χ0) is 15.2. The molecule has 0 radical (unpaired) electrons. The molecule has 0 saturated carbocycles. The van der Waals surface area contributed by atoms with Gasteiger partial charge in [-0.15, -0.1) is 0 Å². The molecule has 0 unspecified atom stereocenters. The minimum absolute atomic E-state index is 0.196. The molecule has 2 rings (SSSR count). The molecule has 1 heterocycles. The van der Waals surface area contributed by atoms with E-state index < -0.39 is 0 Å². The number of benzene rings is 1. The lowest BCUT2D eigenvalue weighted by Gasteiger charge is -2.21. The molecule has 0 bridgehead atoms. The molecule has 0 fully saturated rings. The molecule has 0 aromatic heterocycles. The first-order chi connectivity index (χ1) is 10.1. The van der Waals surface area contributed by atoms with Gasteiger partial charge >= 0.3 is 0 Å². The van der Waals surface area contributed by atoms with Crippen LogP contribution in [0, 0.1) is 5.82 Å². The Hall–Kier alpha value is -2.08. The maximum absolute atomic E-state index is 13.6. The maximum Gasteiger partial charge on any atom is 0.189 e. The number of nitrogens with zero attached hydrogens (tertiary/aromatic N) is 1. The van der Waals surface area contributed by atoms with E-state index in [0.29, 0.717) is 37.8 Å². The lowest BCUT2D eigenvalue weighted by Crippen LogP contribution is -2.33. The van der Waals surface area contributed by atoms with Crippen LogP contribution in [0.15, 0.2) is 29.3 Å². The largest absolute Gasteiger partial charge is 0.467 e. The number of hydrogen-bond donors (Lipinski definition) is 2.